The van der Waals surface area contributed by atoms with Crippen LogP contribution in [0.15, 0.2) is 0 Å². The van der Waals surface area contributed by atoms with E-state index in [2.05, 4.69) is 33.0 Å². The van der Waals surface area contributed by atoms with E-state index < -0.39 is 0 Å². The molecule has 1 aliphatic rings. The average Bonchev–Trinajstić information content (AvgIpc) is 3.11. The summed E-state index contributed by atoms with van der Waals surface area (Å²) in [5.74, 6) is -0.0661. The summed E-state index contributed by atoms with van der Waals surface area (Å²) in [7, 11) is 0. The van der Waals surface area contributed by atoms with E-state index in [9.17, 15) is 14.7 Å². The topological polar surface area (TPSA) is 78.9 Å². The van der Waals surface area contributed by atoms with E-state index in [1.54, 1.807) is 0 Å². The van der Waals surface area contributed by atoms with Gasteiger partial charge in [0.2, 0.25) is 0 Å². The van der Waals surface area contributed by atoms with Crippen LogP contribution in [0, 0.1) is 10.8 Å². The molecule has 1 rings (SSSR count). The largest absolute Gasteiger partial charge is 0.396 e. The molecular weight excluding hydrogens is 416 g/mol. The van der Waals surface area contributed by atoms with Crippen molar-refractivity contribution < 1.29 is 19.4 Å². The van der Waals surface area contributed by atoms with Crippen molar-refractivity contribution in [1.29, 1.82) is 0 Å². The minimum absolute atomic E-state index is 0.00611. The highest BCUT2D eigenvalue weighted by Gasteiger charge is 2.41. The molecule has 0 radical (unpaired) electrons. The molecule has 1 fully saturated rings. The van der Waals surface area contributed by atoms with Crippen molar-refractivity contribution in [3.05, 3.63) is 0 Å². The molecule has 194 valence electrons. The van der Waals surface area contributed by atoms with Gasteiger partial charge in [-0.25, -0.2) is 4.79 Å². The lowest BCUT2D eigenvalue weighted by Crippen LogP contribution is -2.41. The smallest absolute Gasteiger partial charge is 0.324 e. The standard InChI is InChI=1S/C27H52N2O4/c1-6-23-24(31)29(25(32)28-23)22-27(9-4,10-5)17-12-14-21-33-20-13-11-16-26(7-2,8-3)18-15-19-30/h23,30H,6-22H2,1-5H3,(H,28,32). The lowest BCUT2D eigenvalue weighted by molar-refractivity contribution is -0.128. The number of nitrogens with zero attached hydrogens (tertiary/aromatic N) is 1. The van der Waals surface area contributed by atoms with Crippen molar-refractivity contribution >= 4 is 11.9 Å². The Kier molecular flexibility index (Phi) is 14.2. The van der Waals surface area contributed by atoms with E-state index in [4.69, 9.17) is 4.74 Å². The molecule has 0 aromatic rings. The quantitative estimate of drug-likeness (QED) is 0.168. The molecule has 0 aromatic carbocycles. The Morgan fingerprint density at radius 1 is 0.818 bits per heavy atom. The fourth-order valence-electron chi connectivity index (χ4n) is 5.29. The molecule has 6 heteroatoms. The first-order valence-corrected chi connectivity index (χ1v) is 13.7. The van der Waals surface area contributed by atoms with Gasteiger partial charge in [-0.05, 0) is 68.6 Å². The van der Waals surface area contributed by atoms with Gasteiger partial charge in [0.05, 0.1) is 0 Å². The van der Waals surface area contributed by atoms with Crippen molar-refractivity contribution in [2.45, 2.75) is 124 Å². The SMILES string of the molecule is CCC1NC(=O)N(CC(CC)(CC)CCCCOCCCCC(CC)(CC)CCCO)C1=O. The summed E-state index contributed by atoms with van der Waals surface area (Å²) >= 11 is 0. The molecule has 0 aliphatic carbocycles. The molecule has 1 saturated heterocycles. The van der Waals surface area contributed by atoms with Gasteiger partial charge < -0.3 is 15.2 Å². The van der Waals surface area contributed by atoms with Crippen LogP contribution in [-0.2, 0) is 9.53 Å². The molecule has 1 atom stereocenters. The third-order valence-electron chi connectivity index (χ3n) is 8.37. The van der Waals surface area contributed by atoms with Gasteiger partial charge >= 0.3 is 6.03 Å². The highest BCUT2D eigenvalue weighted by Crippen LogP contribution is 2.37. The van der Waals surface area contributed by atoms with Crippen molar-refractivity contribution in [2.24, 2.45) is 10.8 Å². The fraction of sp³-hybridized carbons (Fsp3) is 0.926. The number of carbonyl (C=O) groups excluding carboxylic acids is 2. The minimum atomic E-state index is -0.355. The van der Waals surface area contributed by atoms with Crippen molar-refractivity contribution in [1.82, 2.24) is 10.2 Å². The van der Waals surface area contributed by atoms with E-state index in [1.165, 1.54) is 30.6 Å². The summed E-state index contributed by atoms with van der Waals surface area (Å²) < 4.78 is 5.91. The van der Waals surface area contributed by atoms with Crippen LogP contribution in [0.1, 0.15) is 118 Å². The zero-order chi connectivity index (χ0) is 24.7. The fourth-order valence-corrected chi connectivity index (χ4v) is 5.29. The molecule has 3 amide bonds. The van der Waals surface area contributed by atoms with Gasteiger partial charge in [-0.3, -0.25) is 9.69 Å². The average molecular weight is 469 g/mol. The zero-order valence-electron chi connectivity index (χ0n) is 22.2. The third-order valence-corrected chi connectivity index (χ3v) is 8.37. The maximum Gasteiger partial charge on any atom is 0.324 e. The second-order valence-electron chi connectivity index (χ2n) is 10.1. The van der Waals surface area contributed by atoms with Gasteiger partial charge in [-0.1, -0.05) is 60.3 Å². The van der Waals surface area contributed by atoms with Crippen LogP contribution in [0.2, 0.25) is 0 Å². The molecule has 0 bridgehead atoms. The summed E-state index contributed by atoms with van der Waals surface area (Å²) in [5, 5.41) is 12.0. The van der Waals surface area contributed by atoms with Crippen LogP contribution in [0.3, 0.4) is 0 Å². The maximum atomic E-state index is 12.5. The Morgan fingerprint density at radius 2 is 1.33 bits per heavy atom. The molecule has 33 heavy (non-hydrogen) atoms. The van der Waals surface area contributed by atoms with Gasteiger partial charge in [0, 0.05) is 26.4 Å². The Balaban J connectivity index is 2.30. The normalized spacial score (nSPS) is 17.2. The van der Waals surface area contributed by atoms with Crippen molar-refractivity contribution in [3.63, 3.8) is 0 Å². The number of unbranched alkanes of at least 4 members (excludes halogenated alkanes) is 2. The first kappa shape index (κ1) is 29.9. The Labute approximate surface area is 203 Å². The van der Waals surface area contributed by atoms with Crippen LogP contribution in [0.5, 0.6) is 0 Å². The molecule has 0 spiro atoms. The van der Waals surface area contributed by atoms with Crippen LogP contribution < -0.4 is 5.32 Å². The number of urea groups is 1. The lowest BCUT2D eigenvalue weighted by atomic mass is 9.74. The first-order chi connectivity index (χ1) is 15.9. The van der Waals surface area contributed by atoms with Gasteiger partial charge in [0.1, 0.15) is 6.04 Å². The van der Waals surface area contributed by atoms with Crippen LogP contribution in [-0.4, -0.2) is 54.4 Å². The number of aliphatic hydroxyl groups is 1. The molecule has 1 aliphatic heterocycles. The van der Waals surface area contributed by atoms with Gasteiger partial charge in [-0.2, -0.15) is 0 Å². The number of amides is 3. The highest BCUT2D eigenvalue weighted by molar-refractivity contribution is 6.04. The number of carbonyl (C=O) groups is 2. The lowest BCUT2D eigenvalue weighted by Gasteiger charge is -2.34. The maximum absolute atomic E-state index is 12.5. The predicted molar refractivity (Wildman–Crippen MR) is 135 cm³/mol. The highest BCUT2D eigenvalue weighted by atomic mass is 16.5. The van der Waals surface area contributed by atoms with E-state index in [-0.39, 0.29) is 23.4 Å². The molecule has 1 unspecified atom stereocenters. The monoisotopic (exact) mass is 468 g/mol. The molecule has 2 N–H and O–H groups in total. The second-order valence-corrected chi connectivity index (χ2v) is 10.1. The number of nitrogens with one attached hydrogen (secondary N) is 1. The number of aliphatic hydroxyl groups excluding tert-OH is 1. The number of ether oxygens (including phenoxy) is 1. The van der Waals surface area contributed by atoms with E-state index in [1.807, 2.05) is 6.92 Å². The van der Waals surface area contributed by atoms with Crippen LogP contribution in [0.4, 0.5) is 4.79 Å². The van der Waals surface area contributed by atoms with Gasteiger partial charge in [-0.15, -0.1) is 0 Å². The number of rotatable bonds is 20. The Bertz CT molecular complexity index is 558. The van der Waals surface area contributed by atoms with Crippen molar-refractivity contribution in [3.8, 4) is 0 Å². The van der Waals surface area contributed by atoms with Gasteiger partial charge in [0.25, 0.3) is 5.91 Å². The summed E-state index contributed by atoms with van der Waals surface area (Å²) in [6, 6.07) is -0.584. The first-order valence-electron chi connectivity index (χ1n) is 13.7. The van der Waals surface area contributed by atoms with E-state index >= 15 is 0 Å². The van der Waals surface area contributed by atoms with Crippen LogP contribution >= 0.6 is 0 Å². The van der Waals surface area contributed by atoms with Gasteiger partial charge in [0.15, 0.2) is 0 Å². The van der Waals surface area contributed by atoms with Crippen LogP contribution in [0.25, 0.3) is 0 Å². The summed E-state index contributed by atoms with van der Waals surface area (Å²) in [6.45, 7) is 13.2. The Hall–Kier alpha value is -1.14. The minimum Gasteiger partial charge on any atom is -0.396 e. The molecule has 6 nitrogen and oxygen atoms in total. The Morgan fingerprint density at radius 3 is 1.79 bits per heavy atom. The molecule has 1 heterocycles. The van der Waals surface area contributed by atoms with E-state index in [0.717, 1.165) is 64.6 Å². The predicted octanol–water partition coefficient (Wildman–Crippen LogP) is 6.06. The van der Waals surface area contributed by atoms with Crippen molar-refractivity contribution in [2.75, 3.05) is 26.4 Å². The number of hydrogen-bond acceptors (Lipinski definition) is 4. The molecule has 0 saturated carbocycles. The van der Waals surface area contributed by atoms with E-state index in [0.29, 0.717) is 25.0 Å². The number of hydrogen-bond donors (Lipinski definition) is 2. The zero-order valence-corrected chi connectivity index (χ0v) is 22.2. The summed E-state index contributed by atoms with van der Waals surface area (Å²) in [6.07, 6.45) is 13.6. The molecular formula is C27H52N2O4. The third kappa shape index (κ3) is 9.20. The summed E-state index contributed by atoms with van der Waals surface area (Å²) in [5.41, 5.74) is 0.380. The summed E-state index contributed by atoms with van der Waals surface area (Å²) in [4.78, 5) is 26.3. The molecule has 0 aromatic heterocycles. The second kappa shape index (κ2) is 15.7. The number of imide groups is 1.